The van der Waals surface area contributed by atoms with Crippen molar-refractivity contribution in [1.82, 2.24) is 15.0 Å². The summed E-state index contributed by atoms with van der Waals surface area (Å²) in [4.78, 5) is 0. The third-order valence-corrected chi connectivity index (χ3v) is 7.27. The van der Waals surface area contributed by atoms with Gasteiger partial charge in [0.05, 0.1) is 12.7 Å². The number of nitrogens with zero attached hydrogens (tertiary/aromatic N) is 3. The van der Waals surface area contributed by atoms with E-state index in [1.54, 1.807) is 0 Å². The van der Waals surface area contributed by atoms with E-state index >= 15 is 0 Å². The van der Waals surface area contributed by atoms with Crippen molar-refractivity contribution in [2.24, 2.45) is 0 Å². The van der Waals surface area contributed by atoms with Gasteiger partial charge in [0.25, 0.3) is 0 Å². The minimum Gasteiger partial charge on any atom is -0.247 e. The third kappa shape index (κ3) is 3.07. The molecule has 0 atom stereocenters. The van der Waals surface area contributed by atoms with Crippen molar-refractivity contribution < 1.29 is 0 Å². The van der Waals surface area contributed by atoms with Crippen LogP contribution >= 0.6 is 0 Å². The highest BCUT2D eigenvalue weighted by Crippen LogP contribution is 2.33. The quantitative estimate of drug-likeness (QED) is 0.555. The van der Waals surface area contributed by atoms with Crippen molar-refractivity contribution >= 4 is 0 Å². The monoisotopic (exact) mass is 375 g/mol. The van der Waals surface area contributed by atoms with Crippen LogP contribution in [-0.4, -0.2) is 15.0 Å². The van der Waals surface area contributed by atoms with Gasteiger partial charge in [-0.05, 0) is 130 Å². The predicted octanol–water partition coefficient (Wildman–Crippen LogP) is 6.08. The molecule has 0 unspecified atom stereocenters. The van der Waals surface area contributed by atoms with Crippen molar-refractivity contribution in [3.05, 3.63) is 67.4 Å². The standard InChI is InChI=1S/C25H33N3/c1-13-15(3)19(7)23(20(8)16(13)4)11-28-12-24(26-27-28)25-21(9)17(5)14(2)18(6)22(25)10/h12H,11H2,1-10H3. The molecule has 3 heteroatoms. The van der Waals surface area contributed by atoms with Crippen LogP contribution in [0.25, 0.3) is 11.3 Å². The maximum absolute atomic E-state index is 4.55. The van der Waals surface area contributed by atoms with Gasteiger partial charge in [-0.25, -0.2) is 4.68 Å². The van der Waals surface area contributed by atoms with Crippen LogP contribution < -0.4 is 0 Å². The first-order valence-electron chi connectivity index (χ1n) is 10.1. The summed E-state index contributed by atoms with van der Waals surface area (Å²) in [5.74, 6) is 0. The van der Waals surface area contributed by atoms with Crippen LogP contribution in [-0.2, 0) is 6.54 Å². The first-order chi connectivity index (χ1) is 13.1. The van der Waals surface area contributed by atoms with Crippen molar-refractivity contribution in [2.75, 3.05) is 0 Å². The molecular formula is C25H33N3. The van der Waals surface area contributed by atoms with Crippen molar-refractivity contribution in [3.63, 3.8) is 0 Å². The van der Waals surface area contributed by atoms with E-state index in [1.165, 1.54) is 66.8 Å². The smallest absolute Gasteiger partial charge is 0.113 e. The van der Waals surface area contributed by atoms with Gasteiger partial charge < -0.3 is 0 Å². The summed E-state index contributed by atoms with van der Waals surface area (Å²) in [5, 5.41) is 9.03. The zero-order chi connectivity index (χ0) is 20.9. The fourth-order valence-electron chi connectivity index (χ4n) is 4.35. The predicted molar refractivity (Wildman–Crippen MR) is 118 cm³/mol. The molecule has 28 heavy (non-hydrogen) atoms. The normalized spacial score (nSPS) is 11.4. The Bertz CT molecular complexity index is 1030. The number of aromatic nitrogens is 3. The highest BCUT2D eigenvalue weighted by atomic mass is 15.4. The van der Waals surface area contributed by atoms with Crippen LogP contribution in [0.15, 0.2) is 6.20 Å². The van der Waals surface area contributed by atoms with Crippen LogP contribution in [0.2, 0.25) is 0 Å². The molecule has 3 nitrogen and oxygen atoms in total. The van der Waals surface area contributed by atoms with E-state index in [0.717, 1.165) is 12.2 Å². The molecule has 1 aromatic heterocycles. The van der Waals surface area contributed by atoms with Gasteiger partial charge in [-0.15, -0.1) is 5.10 Å². The maximum atomic E-state index is 4.55. The van der Waals surface area contributed by atoms with Gasteiger partial charge in [0, 0.05) is 5.56 Å². The fraction of sp³-hybridized carbons (Fsp3) is 0.440. The summed E-state index contributed by atoms with van der Waals surface area (Å²) in [7, 11) is 0. The Morgan fingerprint density at radius 1 is 0.571 bits per heavy atom. The number of hydrogen-bond donors (Lipinski definition) is 0. The summed E-state index contributed by atoms with van der Waals surface area (Å²) in [6.07, 6.45) is 2.10. The van der Waals surface area contributed by atoms with E-state index in [4.69, 9.17) is 0 Å². The molecule has 3 rings (SSSR count). The molecule has 0 N–H and O–H groups in total. The van der Waals surface area contributed by atoms with E-state index in [9.17, 15) is 0 Å². The zero-order valence-corrected chi connectivity index (χ0v) is 19.1. The molecular weight excluding hydrogens is 342 g/mol. The van der Waals surface area contributed by atoms with Crippen LogP contribution in [0.3, 0.4) is 0 Å². The second-order valence-electron chi connectivity index (χ2n) is 8.40. The van der Waals surface area contributed by atoms with E-state index in [0.29, 0.717) is 0 Å². The average molecular weight is 376 g/mol. The Morgan fingerprint density at radius 2 is 0.964 bits per heavy atom. The molecule has 0 aliphatic carbocycles. The lowest BCUT2D eigenvalue weighted by Gasteiger charge is -2.18. The third-order valence-electron chi connectivity index (χ3n) is 7.27. The zero-order valence-electron chi connectivity index (χ0n) is 19.1. The van der Waals surface area contributed by atoms with Gasteiger partial charge in [0.15, 0.2) is 0 Å². The van der Waals surface area contributed by atoms with Crippen LogP contribution in [0, 0.1) is 69.2 Å². The molecule has 0 aliphatic rings. The SMILES string of the molecule is Cc1c(C)c(C)c(Cn2cc(-c3c(C)c(C)c(C)c(C)c3C)nn2)c(C)c1C. The van der Waals surface area contributed by atoms with Gasteiger partial charge in [0.1, 0.15) is 5.69 Å². The fourth-order valence-corrected chi connectivity index (χ4v) is 4.35. The second-order valence-corrected chi connectivity index (χ2v) is 8.40. The Labute approximate surface area is 169 Å². The van der Waals surface area contributed by atoms with Crippen LogP contribution in [0.4, 0.5) is 0 Å². The Kier molecular flexibility index (Phi) is 5.22. The molecule has 148 valence electrons. The molecule has 0 spiro atoms. The molecule has 1 heterocycles. The summed E-state index contributed by atoms with van der Waals surface area (Å²) in [5.41, 5.74) is 17.2. The molecule has 2 aromatic carbocycles. The first kappa shape index (κ1) is 20.3. The Balaban J connectivity index is 2.07. The van der Waals surface area contributed by atoms with Gasteiger partial charge in [-0.2, -0.15) is 0 Å². The first-order valence-corrected chi connectivity index (χ1v) is 10.1. The van der Waals surface area contributed by atoms with Gasteiger partial charge in [-0.1, -0.05) is 5.21 Å². The van der Waals surface area contributed by atoms with Gasteiger partial charge >= 0.3 is 0 Å². The molecule has 0 saturated heterocycles. The van der Waals surface area contributed by atoms with Crippen LogP contribution in [0.5, 0.6) is 0 Å². The molecule has 0 radical (unpaired) electrons. The highest BCUT2D eigenvalue weighted by molar-refractivity contribution is 5.71. The van der Waals surface area contributed by atoms with Gasteiger partial charge in [0.2, 0.25) is 0 Å². The lowest BCUT2D eigenvalue weighted by atomic mass is 9.88. The van der Waals surface area contributed by atoms with E-state index in [-0.39, 0.29) is 0 Å². The molecule has 3 aromatic rings. The molecule has 0 saturated carbocycles. The molecule has 0 bridgehead atoms. The topological polar surface area (TPSA) is 30.7 Å². The van der Waals surface area contributed by atoms with E-state index in [1.807, 2.05) is 4.68 Å². The molecule has 0 aliphatic heterocycles. The minimum atomic E-state index is 0.758. The number of rotatable bonds is 3. The van der Waals surface area contributed by atoms with Crippen LogP contribution in [0.1, 0.15) is 61.2 Å². The van der Waals surface area contributed by atoms with E-state index in [2.05, 4.69) is 85.7 Å². The minimum absolute atomic E-state index is 0.758. The van der Waals surface area contributed by atoms with E-state index < -0.39 is 0 Å². The molecule has 0 fully saturated rings. The summed E-state index contributed by atoms with van der Waals surface area (Å²) in [6.45, 7) is 22.9. The lowest BCUT2D eigenvalue weighted by Crippen LogP contribution is -2.08. The average Bonchev–Trinajstić information content (AvgIpc) is 3.13. The number of hydrogen-bond acceptors (Lipinski definition) is 2. The Morgan fingerprint density at radius 3 is 1.43 bits per heavy atom. The number of benzene rings is 2. The maximum Gasteiger partial charge on any atom is 0.113 e. The van der Waals surface area contributed by atoms with Gasteiger partial charge in [-0.3, -0.25) is 0 Å². The van der Waals surface area contributed by atoms with Crippen molar-refractivity contribution in [1.29, 1.82) is 0 Å². The summed E-state index contributed by atoms with van der Waals surface area (Å²) < 4.78 is 1.99. The second kappa shape index (κ2) is 7.20. The van der Waals surface area contributed by atoms with Crippen molar-refractivity contribution in [2.45, 2.75) is 75.8 Å². The molecule has 0 amide bonds. The lowest BCUT2D eigenvalue weighted by molar-refractivity contribution is 0.644. The Hall–Kier alpha value is -2.42. The highest BCUT2D eigenvalue weighted by Gasteiger charge is 2.18. The summed E-state index contributed by atoms with van der Waals surface area (Å²) in [6, 6.07) is 0. The summed E-state index contributed by atoms with van der Waals surface area (Å²) >= 11 is 0. The van der Waals surface area contributed by atoms with Crippen molar-refractivity contribution in [3.8, 4) is 11.3 Å². The largest absolute Gasteiger partial charge is 0.247 e.